The van der Waals surface area contributed by atoms with E-state index in [1.807, 2.05) is 0 Å². The number of alkyl halides is 6. The predicted octanol–water partition coefficient (Wildman–Crippen LogP) is 1.79. The van der Waals surface area contributed by atoms with Crippen molar-refractivity contribution in [2.45, 2.75) is 29.4 Å². The van der Waals surface area contributed by atoms with Gasteiger partial charge in [-0.3, -0.25) is 0 Å². The van der Waals surface area contributed by atoms with Crippen LogP contribution in [0.2, 0.25) is 0 Å². The normalized spacial score (nSPS) is 15.6. The van der Waals surface area contributed by atoms with E-state index < -0.39 is 55.3 Å². The van der Waals surface area contributed by atoms with E-state index in [4.69, 9.17) is 0 Å². The van der Waals surface area contributed by atoms with Gasteiger partial charge in [0, 0.05) is 7.05 Å². The molecule has 1 aromatic carbocycles. The predicted molar refractivity (Wildman–Crippen MR) is 74.3 cm³/mol. The van der Waals surface area contributed by atoms with E-state index in [0.29, 0.717) is 32.4 Å². The van der Waals surface area contributed by atoms with Crippen molar-refractivity contribution in [2.75, 3.05) is 14.2 Å². The van der Waals surface area contributed by atoms with E-state index in [0.717, 1.165) is 0 Å². The van der Waals surface area contributed by atoms with E-state index >= 15 is 0 Å². The Balaban J connectivity index is 3.43. The molecule has 148 valence electrons. The highest BCUT2D eigenvalue weighted by atomic mass is 32.2. The number of benzene rings is 1. The van der Waals surface area contributed by atoms with Crippen LogP contribution in [0.1, 0.15) is 5.56 Å². The summed E-state index contributed by atoms with van der Waals surface area (Å²) in [6, 6.07) is -1.25. The van der Waals surface area contributed by atoms with Crippen LogP contribution in [0, 0.1) is 0 Å². The first kappa shape index (κ1) is 22.2. The highest BCUT2D eigenvalue weighted by Gasteiger charge is 2.53. The van der Waals surface area contributed by atoms with Crippen LogP contribution in [0.3, 0.4) is 0 Å². The van der Waals surface area contributed by atoms with Gasteiger partial charge in [0.25, 0.3) is 0 Å². The lowest BCUT2D eigenvalue weighted by Crippen LogP contribution is -2.56. The maximum atomic E-state index is 13.2. The van der Waals surface area contributed by atoms with Gasteiger partial charge in [-0.1, -0.05) is 6.07 Å². The summed E-state index contributed by atoms with van der Waals surface area (Å²) in [6.07, 6.45) is -13.3. The lowest BCUT2D eigenvalue weighted by molar-refractivity contribution is -0.202. The van der Waals surface area contributed by atoms with Crippen molar-refractivity contribution in [3.05, 3.63) is 29.8 Å². The van der Waals surface area contributed by atoms with Gasteiger partial charge in [0.05, 0.1) is 17.6 Å². The number of ether oxygens (including phenoxy) is 1. The van der Waals surface area contributed by atoms with Gasteiger partial charge in [-0.2, -0.15) is 30.6 Å². The number of halogens is 6. The number of hydrogen-bond donors (Lipinski definition) is 1. The molecule has 1 aromatic rings. The smallest absolute Gasteiger partial charge is 0.416 e. The van der Waals surface area contributed by atoms with E-state index in [1.165, 1.54) is 0 Å². The Morgan fingerprint density at radius 3 is 2.15 bits per heavy atom. The van der Waals surface area contributed by atoms with Crippen LogP contribution < -0.4 is 0 Å². The number of methoxy groups -OCH3 is 1. The number of aliphatic hydroxyl groups excluding tert-OH is 1. The molecule has 1 N–H and O–H groups in total. The zero-order valence-electron chi connectivity index (χ0n) is 13.2. The average Bonchev–Trinajstić information content (AvgIpc) is 2.51. The average molecular weight is 409 g/mol. The Morgan fingerprint density at radius 2 is 1.73 bits per heavy atom. The number of esters is 1. The van der Waals surface area contributed by atoms with Crippen LogP contribution in [0.15, 0.2) is 29.2 Å². The van der Waals surface area contributed by atoms with Gasteiger partial charge < -0.3 is 9.84 Å². The zero-order valence-corrected chi connectivity index (χ0v) is 14.0. The molecule has 0 saturated heterocycles. The number of nitrogens with zero attached hydrogens (tertiary/aromatic N) is 1. The maximum absolute atomic E-state index is 13.2. The van der Waals surface area contributed by atoms with Gasteiger partial charge in [0.1, 0.15) is 0 Å². The molecule has 0 bridgehead atoms. The Morgan fingerprint density at radius 1 is 1.19 bits per heavy atom. The number of carbonyl (C=O) groups excluding carboxylic acids is 1. The van der Waals surface area contributed by atoms with Gasteiger partial charge in [-0.25, -0.2) is 13.2 Å². The highest BCUT2D eigenvalue weighted by molar-refractivity contribution is 7.89. The van der Waals surface area contributed by atoms with E-state index in [1.54, 1.807) is 0 Å². The molecular formula is C13H13F6NO5S. The van der Waals surface area contributed by atoms with Gasteiger partial charge in [-0.15, -0.1) is 0 Å². The molecule has 0 aromatic heterocycles. The number of likely N-dealkylation sites (N-methyl/N-ethyl adjacent to an activating group) is 1. The number of rotatable bonds is 5. The van der Waals surface area contributed by atoms with Gasteiger partial charge >= 0.3 is 18.3 Å². The SMILES string of the molecule is COC(=O)[C@H](O)[C@H](N(C)S(=O)(=O)c1cccc(C(F)(F)F)c1)C(F)(F)F. The lowest BCUT2D eigenvalue weighted by atomic mass is 10.1. The fraction of sp³-hybridized carbons (Fsp3) is 0.462. The maximum Gasteiger partial charge on any atom is 0.416 e. The minimum absolute atomic E-state index is 0.143. The summed E-state index contributed by atoms with van der Waals surface area (Å²) in [4.78, 5) is 10.1. The third-order valence-corrected chi connectivity index (χ3v) is 5.14. The minimum Gasteiger partial charge on any atom is -0.467 e. The molecule has 6 nitrogen and oxygen atoms in total. The lowest BCUT2D eigenvalue weighted by Gasteiger charge is -2.31. The van der Waals surface area contributed by atoms with Crippen molar-refractivity contribution in [2.24, 2.45) is 0 Å². The third kappa shape index (κ3) is 4.65. The summed E-state index contributed by atoms with van der Waals surface area (Å²) >= 11 is 0. The summed E-state index contributed by atoms with van der Waals surface area (Å²) in [6.45, 7) is 0. The summed E-state index contributed by atoms with van der Waals surface area (Å²) in [5, 5.41) is 9.50. The molecule has 0 heterocycles. The second-order valence-electron chi connectivity index (χ2n) is 5.00. The van der Waals surface area contributed by atoms with Crippen molar-refractivity contribution in [3.63, 3.8) is 0 Å². The summed E-state index contributed by atoms with van der Waals surface area (Å²) in [7, 11) is -4.10. The number of aliphatic hydroxyl groups is 1. The molecule has 0 aliphatic carbocycles. The van der Waals surface area contributed by atoms with Crippen molar-refractivity contribution in [1.29, 1.82) is 0 Å². The van der Waals surface area contributed by atoms with E-state index in [2.05, 4.69) is 4.74 Å². The van der Waals surface area contributed by atoms with Crippen LogP contribution in [0.25, 0.3) is 0 Å². The Labute approximate surface area is 144 Å². The number of carbonyl (C=O) groups is 1. The quantitative estimate of drug-likeness (QED) is 0.592. The molecule has 0 radical (unpaired) electrons. The Kier molecular flexibility index (Phi) is 6.32. The Bertz CT molecular complexity index is 761. The van der Waals surface area contributed by atoms with Crippen molar-refractivity contribution >= 4 is 16.0 Å². The van der Waals surface area contributed by atoms with Crippen LogP contribution in [-0.2, 0) is 25.7 Å². The first-order valence-corrected chi connectivity index (χ1v) is 8.06. The second kappa shape index (κ2) is 7.40. The molecule has 0 saturated carbocycles. The topological polar surface area (TPSA) is 83.9 Å². The van der Waals surface area contributed by atoms with Gasteiger partial charge in [-0.05, 0) is 18.2 Å². The first-order valence-electron chi connectivity index (χ1n) is 6.62. The molecule has 0 spiro atoms. The molecule has 0 aliphatic heterocycles. The number of hydrogen-bond acceptors (Lipinski definition) is 5. The van der Waals surface area contributed by atoms with E-state index in [-0.39, 0.29) is 6.07 Å². The minimum atomic E-state index is -5.42. The molecule has 26 heavy (non-hydrogen) atoms. The van der Waals surface area contributed by atoms with Crippen LogP contribution >= 0.6 is 0 Å². The van der Waals surface area contributed by atoms with Crippen LogP contribution in [0.5, 0.6) is 0 Å². The van der Waals surface area contributed by atoms with E-state index in [9.17, 15) is 44.7 Å². The molecule has 0 amide bonds. The molecule has 0 unspecified atom stereocenters. The van der Waals surface area contributed by atoms with Crippen molar-refractivity contribution < 1.29 is 49.4 Å². The van der Waals surface area contributed by atoms with Crippen LogP contribution in [0.4, 0.5) is 26.3 Å². The molecule has 2 atom stereocenters. The fourth-order valence-electron chi connectivity index (χ4n) is 1.98. The number of sulfonamides is 1. The van der Waals surface area contributed by atoms with Crippen LogP contribution in [-0.4, -0.2) is 56.3 Å². The summed E-state index contributed by atoms with van der Waals surface area (Å²) < 4.78 is 106. The molecular weight excluding hydrogens is 396 g/mol. The molecule has 13 heteroatoms. The van der Waals surface area contributed by atoms with Crippen molar-refractivity contribution in [3.8, 4) is 0 Å². The molecule has 0 aliphatic rings. The zero-order chi connectivity index (χ0) is 20.5. The standard InChI is InChI=1S/C13H13F6NO5S/c1-20(10(13(17,18)19)9(21)11(22)25-2)26(23,24)8-5-3-4-7(6-8)12(14,15)16/h3-6,9-10,21H,1-2H3/t9-,10+/m1/s1. The summed E-state index contributed by atoms with van der Waals surface area (Å²) in [5.74, 6) is -1.77. The summed E-state index contributed by atoms with van der Waals surface area (Å²) in [5.41, 5.74) is -1.40. The van der Waals surface area contributed by atoms with Crippen molar-refractivity contribution in [1.82, 2.24) is 4.31 Å². The first-order chi connectivity index (χ1) is 11.6. The second-order valence-corrected chi connectivity index (χ2v) is 7.00. The fourth-order valence-corrected chi connectivity index (χ4v) is 3.38. The third-order valence-electron chi connectivity index (χ3n) is 3.31. The Hall–Kier alpha value is -1.86. The van der Waals surface area contributed by atoms with Gasteiger partial charge in [0.15, 0.2) is 12.1 Å². The molecule has 1 rings (SSSR count). The highest BCUT2D eigenvalue weighted by Crippen LogP contribution is 2.34. The largest absolute Gasteiger partial charge is 0.467 e. The monoisotopic (exact) mass is 409 g/mol. The molecule has 0 fully saturated rings. The van der Waals surface area contributed by atoms with Gasteiger partial charge in [0.2, 0.25) is 10.0 Å².